The Balaban J connectivity index is 1.36. The maximum Gasteiger partial charge on any atom is 0.407 e. The number of ether oxygens (including phenoxy) is 2. The molecular weight excluding hydrogens is 576 g/mol. The van der Waals surface area contributed by atoms with E-state index in [-0.39, 0.29) is 32.5 Å². The average molecular weight is 617 g/mol. The largest absolute Gasteiger partial charge is 0.492 e. The molecule has 234 valence electrons. The Kier molecular flexibility index (Phi) is 10.6. The van der Waals surface area contributed by atoms with E-state index in [0.717, 1.165) is 33.9 Å². The van der Waals surface area contributed by atoms with Gasteiger partial charge in [-0.15, -0.1) is 11.3 Å². The van der Waals surface area contributed by atoms with E-state index in [1.54, 1.807) is 32.1 Å². The van der Waals surface area contributed by atoms with Crippen LogP contribution in [-0.4, -0.2) is 81.9 Å². The molecule has 13 heteroatoms. The van der Waals surface area contributed by atoms with Crippen LogP contribution in [0.4, 0.5) is 4.79 Å². The number of amides is 3. The molecule has 1 saturated heterocycles. The third kappa shape index (κ3) is 8.44. The number of alkyl carbamates (subject to hydrolysis) is 1. The van der Waals surface area contributed by atoms with Gasteiger partial charge in [0.15, 0.2) is 0 Å². The number of hydrogen-bond donors (Lipinski definition) is 4. The van der Waals surface area contributed by atoms with E-state index in [1.165, 1.54) is 4.90 Å². The molecule has 2 aliphatic rings. The number of thiazole rings is 1. The van der Waals surface area contributed by atoms with Crippen molar-refractivity contribution in [1.29, 1.82) is 0 Å². The Labute approximate surface area is 254 Å². The lowest BCUT2D eigenvalue weighted by Gasteiger charge is -2.35. The van der Waals surface area contributed by atoms with Gasteiger partial charge in [-0.1, -0.05) is 26.8 Å². The van der Waals surface area contributed by atoms with Gasteiger partial charge in [0.05, 0.1) is 35.4 Å². The van der Waals surface area contributed by atoms with Crippen molar-refractivity contribution < 1.29 is 38.9 Å². The predicted molar refractivity (Wildman–Crippen MR) is 159 cm³/mol. The van der Waals surface area contributed by atoms with E-state index in [1.807, 2.05) is 23.7 Å². The molecule has 2 aliphatic heterocycles. The molecule has 1 aromatic carbocycles. The number of hydrogen-bond acceptors (Lipinski definition) is 9. The highest BCUT2D eigenvalue weighted by Gasteiger charge is 2.44. The lowest BCUT2D eigenvalue weighted by Crippen LogP contribution is -2.57. The zero-order chi connectivity index (χ0) is 31.1. The number of fused-ring (bicyclic) bond motifs is 3. The van der Waals surface area contributed by atoms with Gasteiger partial charge >= 0.3 is 12.1 Å². The second-order valence-corrected chi connectivity index (χ2v) is 12.8. The quantitative estimate of drug-likeness (QED) is 0.277. The summed E-state index contributed by atoms with van der Waals surface area (Å²) in [5, 5.41) is 24.7. The van der Waals surface area contributed by atoms with Crippen molar-refractivity contribution in [3.05, 3.63) is 35.0 Å². The molecule has 3 atom stereocenters. The Morgan fingerprint density at radius 2 is 2.00 bits per heavy atom. The summed E-state index contributed by atoms with van der Waals surface area (Å²) < 4.78 is 11.2. The molecule has 3 heterocycles. The van der Waals surface area contributed by atoms with Crippen molar-refractivity contribution in [1.82, 2.24) is 20.5 Å². The van der Waals surface area contributed by atoms with Crippen LogP contribution in [0.15, 0.2) is 23.7 Å². The molecule has 0 unspecified atom stereocenters. The molecule has 1 aromatic heterocycles. The maximum absolute atomic E-state index is 13.7. The van der Waals surface area contributed by atoms with Crippen LogP contribution in [0, 0.1) is 5.41 Å². The fourth-order valence-corrected chi connectivity index (χ4v) is 6.09. The van der Waals surface area contributed by atoms with Crippen LogP contribution in [0.3, 0.4) is 0 Å². The summed E-state index contributed by atoms with van der Waals surface area (Å²) in [4.78, 5) is 57.0. The van der Waals surface area contributed by atoms with Crippen LogP contribution in [0.25, 0.3) is 10.4 Å². The molecule has 12 nitrogen and oxygen atoms in total. The van der Waals surface area contributed by atoms with E-state index in [0.29, 0.717) is 25.9 Å². The van der Waals surface area contributed by atoms with Crippen molar-refractivity contribution in [3.8, 4) is 16.2 Å². The number of benzene rings is 1. The zero-order valence-corrected chi connectivity index (χ0v) is 25.6. The number of carbonyl (C=O) groups is 4. The highest BCUT2D eigenvalue weighted by molar-refractivity contribution is 7.13. The number of carbonyl (C=O) groups excluding carboxylic acids is 3. The van der Waals surface area contributed by atoms with Gasteiger partial charge in [-0.25, -0.2) is 9.78 Å². The van der Waals surface area contributed by atoms with Crippen LogP contribution < -0.4 is 15.4 Å². The average Bonchev–Trinajstić information content (AvgIpc) is 3.53. The minimum atomic E-state index is -1.01. The van der Waals surface area contributed by atoms with Crippen molar-refractivity contribution in [2.45, 2.75) is 84.0 Å². The van der Waals surface area contributed by atoms with Gasteiger partial charge in [0, 0.05) is 37.9 Å². The summed E-state index contributed by atoms with van der Waals surface area (Å²) in [5.74, 6) is -1.03. The van der Waals surface area contributed by atoms with Crippen LogP contribution >= 0.6 is 11.3 Å². The van der Waals surface area contributed by atoms with Gasteiger partial charge in [0.25, 0.3) is 0 Å². The number of nitrogens with zero attached hydrogens (tertiary/aromatic N) is 2. The lowest BCUT2D eigenvalue weighted by molar-refractivity contribution is -0.142. The predicted octanol–water partition coefficient (Wildman–Crippen LogP) is 3.11. The Morgan fingerprint density at radius 3 is 2.74 bits per heavy atom. The summed E-state index contributed by atoms with van der Waals surface area (Å²) >= 11 is 1.57. The first-order valence-electron chi connectivity index (χ1n) is 14.5. The summed E-state index contributed by atoms with van der Waals surface area (Å²) in [6, 6.07) is 3.86. The second kappa shape index (κ2) is 14.2. The van der Waals surface area contributed by atoms with E-state index in [4.69, 9.17) is 14.6 Å². The highest BCUT2D eigenvalue weighted by Crippen LogP contribution is 2.38. The summed E-state index contributed by atoms with van der Waals surface area (Å²) in [6.45, 7) is 6.15. The summed E-state index contributed by atoms with van der Waals surface area (Å²) in [7, 11) is 0. The monoisotopic (exact) mass is 616 g/mol. The number of rotatable bonds is 11. The van der Waals surface area contributed by atoms with Crippen molar-refractivity contribution in [2.24, 2.45) is 5.41 Å². The Morgan fingerprint density at radius 1 is 1.21 bits per heavy atom. The highest BCUT2D eigenvalue weighted by atomic mass is 32.1. The number of aromatic nitrogens is 1. The third-order valence-corrected chi connectivity index (χ3v) is 8.41. The number of unbranched alkanes of at least 4 members (excludes halogenated alkanes) is 2. The van der Waals surface area contributed by atoms with Gasteiger partial charge in [-0.2, -0.15) is 0 Å². The van der Waals surface area contributed by atoms with E-state index in [9.17, 15) is 24.3 Å². The number of aliphatic carboxylic acids is 1. The van der Waals surface area contributed by atoms with Gasteiger partial charge < -0.3 is 35.2 Å². The molecule has 0 spiro atoms. The van der Waals surface area contributed by atoms with Gasteiger partial charge in [0.2, 0.25) is 11.8 Å². The minimum absolute atomic E-state index is 0.0341. The summed E-state index contributed by atoms with van der Waals surface area (Å²) in [6.07, 6.45) is 0.779. The number of likely N-dealkylation sites (tertiary alicyclic amines) is 1. The Hall–Kier alpha value is -3.71. The molecule has 1 fully saturated rings. The SMILES string of the molecule is CC(C)(C)[C@H](NC(=O)OCCCCCC(=O)O)C(=O)N1C[C@H](O)C[C@H]1C(=O)NCc1ccc2c(c1)OCCc1ncsc1-2. The van der Waals surface area contributed by atoms with Crippen molar-refractivity contribution >= 4 is 35.2 Å². The first-order chi connectivity index (χ1) is 20.4. The molecule has 0 aliphatic carbocycles. The van der Waals surface area contributed by atoms with Crippen LogP contribution in [0.1, 0.15) is 64.1 Å². The number of β-amino-alcohol motifs (C(OH)–C–C–N with tert-alkyl or cyclic N) is 1. The van der Waals surface area contributed by atoms with E-state index < -0.39 is 47.5 Å². The second-order valence-electron chi connectivity index (χ2n) is 12.0. The zero-order valence-electron chi connectivity index (χ0n) is 24.8. The topological polar surface area (TPSA) is 167 Å². The number of aliphatic hydroxyl groups excluding tert-OH is 1. The van der Waals surface area contributed by atoms with E-state index in [2.05, 4.69) is 15.6 Å². The van der Waals surface area contributed by atoms with Gasteiger partial charge in [0.1, 0.15) is 17.8 Å². The molecule has 3 amide bonds. The molecular formula is C30H40N4O8S. The number of carboxylic acids is 1. The molecule has 4 rings (SSSR count). The fraction of sp³-hybridized carbons (Fsp3) is 0.567. The Bertz CT molecular complexity index is 1320. The van der Waals surface area contributed by atoms with Crippen LogP contribution in [0.2, 0.25) is 0 Å². The minimum Gasteiger partial charge on any atom is -0.492 e. The molecule has 0 radical (unpaired) electrons. The standard InChI is InChI=1S/C30H40N4O8S/c1-30(2,3)26(33-29(40)42-11-6-4-5-7-24(36)37)28(39)34-16-19(35)14-22(34)27(38)31-15-18-8-9-20-23(13-18)41-12-10-21-25(20)43-17-32-21/h8-9,13,17,19,22,26,35H,4-7,10-12,14-16H2,1-3H3,(H,31,38)(H,33,40)(H,36,37)/t19-,22+,26-/m1/s1. The lowest BCUT2D eigenvalue weighted by atomic mass is 9.85. The van der Waals surface area contributed by atoms with Crippen LogP contribution in [-0.2, 0) is 32.1 Å². The van der Waals surface area contributed by atoms with Crippen molar-refractivity contribution in [3.63, 3.8) is 0 Å². The maximum atomic E-state index is 13.7. The molecule has 43 heavy (non-hydrogen) atoms. The number of aliphatic hydroxyl groups is 1. The summed E-state index contributed by atoms with van der Waals surface area (Å²) in [5.41, 5.74) is 3.92. The number of carboxylic acid groups (broad SMARTS) is 1. The van der Waals surface area contributed by atoms with Crippen molar-refractivity contribution in [2.75, 3.05) is 19.8 Å². The third-order valence-electron chi connectivity index (χ3n) is 7.50. The number of nitrogens with one attached hydrogen (secondary N) is 2. The first-order valence-corrected chi connectivity index (χ1v) is 15.4. The molecule has 4 N–H and O–H groups in total. The molecule has 2 aromatic rings. The van der Waals surface area contributed by atoms with E-state index >= 15 is 0 Å². The van der Waals surface area contributed by atoms with Gasteiger partial charge in [-0.05, 0) is 42.4 Å². The fourth-order valence-electron chi connectivity index (χ4n) is 5.21. The van der Waals surface area contributed by atoms with Gasteiger partial charge in [-0.3, -0.25) is 14.4 Å². The first kappa shape index (κ1) is 32.2. The molecule has 0 saturated carbocycles. The van der Waals surface area contributed by atoms with Crippen LogP contribution in [0.5, 0.6) is 5.75 Å². The smallest absolute Gasteiger partial charge is 0.407 e. The normalized spacial score (nSPS) is 18.5. The molecule has 0 bridgehead atoms.